The van der Waals surface area contributed by atoms with Crippen LogP contribution in [0.15, 0.2) is 58.0 Å². The summed E-state index contributed by atoms with van der Waals surface area (Å²) < 4.78 is 33.0. The number of nitrogens with zero attached hydrogens (tertiary/aromatic N) is 2. The maximum atomic E-state index is 13.2. The van der Waals surface area contributed by atoms with Gasteiger partial charge in [-0.15, -0.1) is 0 Å². The van der Waals surface area contributed by atoms with Crippen molar-refractivity contribution in [3.8, 4) is 0 Å². The van der Waals surface area contributed by atoms with Crippen molar-refractivity contribution in [2.24, 2.45) is 0 Å². The van der Waals surface area contributed by atoms with Crippen LogP contribution in [0.2, 0.25) is 0 Å². The lowest BCUT2D eigenvalue weighted by Gasteiger charge is -2.07. The Kier molecular flexibility index (Phi) is 4.15. The van der Waals surface area contributed by atoms with Crippen LogP contribution in [0.25, 0.3) is 22.1 Å². The van der Waals surface area contributed by atoms with E-state index < -0.39 is 23.1 Å². The fourth-order valence-electron chi connectivity index (χ4n) is 2.85. The van der Waals surface area contributed by atoms with Gasteiger partial charge in [-0.2, -0.15) is 0 Å². The molecule has 0 atom stereocenters. The first-order chi connectivity index (χ1) is 13.0. The van der Waals surface area contributed by atoms with Crippen molar-refractivity contribution < 1.29 is 18.0 Å². The topological polar surface area (TPSA) is 77.1 Å². The Hall–Kier alpha value is -3.55. The van der Waals surface area contributed by atoms with E-state index in [1.165, 1.54) is 6.33 Å². The summed E-state index contributed by atoms with van der Waals surface area (Å²) in [7, 11) is 0. The molecule has 0 saturated heterocycles. The molecule has 27 heavy (non-hydrogen) atoms. The largest absolute Gasteiger partial charge is 0.448 e. The summed E-state index contributed by atoms with van der Waals surface area (Å²) in [5, 5.41) is 3.23. The Balaban J connectivity index is 1.54. The first-order valence-electron chi connectivity index (χ1n) is 8.09. The number of hydrogen-bond donors (Lipinski definition) is 1. The van der Waals surface area contributed by atoms with Crippen LogP contribution in [-0.2, 0) is 17.9 Å². The van der Waals surface area contributed by atoms with Crippen LogP contribution in [0.3, 0.4) is 0 Å². The molecule has 4 aromatic rings. The van der Waals surface area contributed by atoms with Crippen molar-refractivity contribution in [2.45, 2.75) is 13.1 Å². The molecular weight excluding hydrogens is 356 g/mol. The third-order valence-electron chi connectivity index (χ3n) is 4.08. The molecular formula is C19H13F2N3O3. The molecule has 2 heterocycles. The van der Waals surface area contributed by atoms with Gasteiger partial charge in [0.25, 0.3) is 5.56 Å². The van der Waals surface area contributed by atoms with Gasteiger partial charge in [0, 0.05) is 18.0 Å². The van der Waals surface area contributed by atoms with Gasteiger partial charge in [-0.25, -0.2) is 13.8 Å². The van der Waals surface area contributed by atoms with Gasteiger partial charge in [0.05, 0.1) is 6.33 Å². The van der Waals surface area contributed by atoms with Crippen LogP contribution in [0.1, 0.15) is 5.56 Å². The number of furan rings is 1. The van der Waals surface area contributed by atoms with Crippen LogP contribution < -0.4 is 10.9 Å². The lowest BCUT2D eigenvalue weighted by Crippen LogP contribution is -2.32. The summed E-state index contributed by atoms with van der Waals surface area (Å²) in [5.41, 5.74) is 0.829. The fraction of sp³-hybridized carbons (Fsp3) is 0.105. The molecule has 1 amide bonds. The minimum atomic E-state index is -0.727. The number of benzene rings is 2. The second kappa shape index (κ2) is 6.64. The highest BCUT2D eigenvalue weighted by atomic mass is 19.1. The lowest BCUT2D eigenvalue weighted by molar-refractivity contribution is -0.121. The molecule has 0 bridgehead atoms. The number of halogens is 2. The number of carbonyl (C=O) groups excluding carboxylic acids is 1. The van der Waals surface area contributed by atoms with Crippen molar-refractivity contribution in [3.63, 3.8) is 0 Å². The normalized spacial score (nSPS) is 11.2. The second-order valence-electron chi connectivity index (χ2n) is 6.01. The Labute approximate surface area is 151 Å². The van der Waals surface area contributed by atoms with Crippen LogP contribution >= 0.6 is 0 Å². The average Bonchev–Trinajstić information content (AvgIpc) is 3.01. The molecule has 0 unspecified atom stereocenters. The lowest BCUT2D eigenvalue weighted by atomic mass is 10.2. The van der Waals surface area contributed by atoms with Gasteiger partial charge in [-0.3, -0.25) is 14.2 Å². The molecule has 8 heteroatoms. The highest BCUT2D eigenvalue weighted by Gasteiger charge is 2.14. The number of hydrogen-bond acceptors (Lipinski definition) is 4. The van der Waals surface area contributed by atoms with Gasteiger partial charge in [-0.05, 0) is 29.8 Å². The second-order valence-corrected chi connectivity index (χ2v) is 6.01. The van der Waals surface area contributed by atoms with Gasteiger partial charge in [0.1, 0.15) is 29.3 Å². The van der Waals surface area contributed by atoms with Gasteiger partial charge < -0.3 is 9.73 Å². The molecule has 0 radical (unpaired) electrons. The predicted molar refractivity (Wildman–Crippen MR) is 94.0 cm³/mol. The summed E-state index contributed by atoms with van der Waals surface area (Å²) in [6.07, 6.45) is 1.27. The van der Waals surface area contributed by atoms with Crippen LogP contribution in [0.4, 0.5) is 8.78 Å². The Morgan fingerprint density at radius 3 is 2.67 bits per heavy atom. The predicted octanol–water partition coefficient (Wildman–Crippen LogP) is 2.74. The molecule has 0 fully saturated rings. The van der Waals surface area contributed by atoms with E-state index in [2.05, 4.69) is 10.3 Å². The highest BCUT2D eigenvalue weighted by molar-refractivity contribution is 6.01. The van der Waals surface area contributed by atoms with Gasteiger partial charge in [-0.1, -0.05) is 12.1 Å². The standard InChI is InChI=1S/C19H13F2N3O3/c20-12-5-11(6-13(21)7-12)8-22-16(25)9-24-10-23-17-14-3-1-2-4-15(14)27-18(17)19(24)26/h1-7,10H,8-9H2,(H,22,25). The molecule has 136 valence electrons. The quantitative estimate of drug-likeness (QED) is 0.600. The molecule has 0 aliphatic carbocycles. The van der Waals surface area contributed by atoms with Crippen molar-refractivity contribution in [3.05, 3.63) is 76.3 Å². The first-order valence-corrected chi connectivity index (χ1v) is 8.09. The summed E-state index contributed by atoms with van der Waals surface area (Å²) in [6, 6.07) is 10.1. The van der Waals surface area contributed by atoms with Crippen LogP contribution in [0, 0.1) is 11.6 Å². The molecule has 1 N–H and O–H groups in total. The number of nitrogens with one attached hydrogen (secondary N) is 1. The maximum absolute atomic E-state index is 13.2. The monoisotopic (exact) mass is 369 g/mol. The zero-order chi connectivity index (χ0) is 19.0. The van der Waals surface area contributed by atoms with Gasteiger partial charge >= 0.3 is 0 Å². The summed E-state index contributed by atoms with van der Waals surface area (Å²) in [6.45, 7) is -0.362. The third-order valence-corrected chi connectivity index (χ3v) is 4.08. The number of aromatic nitrogens is 2. The van der Waals surface area contributed by atoms with E-state index in [-0.39, 0.29) is 24.2 Å². The molecule has 6 nitrogen and oxygen atoms in total. The van der Waals surface area contributed by atoms with E-state index in [1.807, 2.05) is 6.07 Å². The first kappa shape index (κ1) is 16.9. The van der Waals surface area contributed by atoms with E-state index in [1.54, 1.807) is 18.2 Å². The number of carbonyl (C=O) groups is 1. The molecule has 2 aromatic carbocycles. The summed E-state index contributed by atoms with van der Waals surface area (Å²) >= 11 is 0. The van der Waals surface area contributed by atoms with Gasteiger partial charge in [0.15, 0.2) is 0 Å². The molecule has 2 aromatic heterocycles. The molecule has 0 aliphatic rings. The summed E-state index contributed by atoms with van der Waals surface area (Å²) in [5.74, 6) is -1.95. The van der Waals surface area contributed by atoms with E-state index >= 15 is 0 Å². The number of amides is 1. The van der Waals surface area contributed by atoms with Crippen molar-refractivity contribution >= 4 is 28.0 Å². The smallest absolute Gasteiger partial charge is 0.297 e. The third kappa shape index (κ3) is 3.29. The Morgan fingerprint density at radius 2 is 1.89 bits per heavy atom. The zero-order valence-electron chi connectivity index (χ0n) is 13.9. The molecule has 0 saturated carbocycles. The van der Waals surface area contributed by atoms with Crippen molar-refractivity contribution in [1.29, 1.82) is 0 Å². The van der Waals surface area contributed by atoms with Crippen molar-refractivity contribution in [2.75, 3.05) is 0 Å². The maximum Gasteiger partial charge on any atom is 0.297 e. The highest BCUT2D eigenvalue weighted by Crippen LogP contribution is 2.23. The minimum absolute atomic E-state index is 0.0669. The van der Waals surface area contributed by atoms with Crippen LogP contribution in [-0.4, -0.2) is 15.5 Å². The molecule has 4 rings (SSSR count). The van der Waals surface area contributed by atoms with E-state index in [0.717, 1.165) is 22.8 Å². The van der Waals surface area contributed by atoms with Crippen LogP contribution in [0.5, 0.6) is 0 Å². The fourth-order valence-corrected chi connectivity index (χ4v) is 2.85. The number of rotatable bonds is 4. The average molecular weight is 369 g/mol. The summed E-state index contributed by atoms with van der Waals surface area (Å²) in [4.78, 5) is 28.9. The van der Waals surface area contributed by atoms with E-state index in [9.17, 15) is 18.4 Å². The van der Waals surface area contributed by atoms with E-state index in [0.29, 0.717) is 16.5 Å². The van der Waals surface area contributed by atoms with E-state index in [4.69, 9.17) is 4.42 Å². The SMILES string of the molecule is O=C(Cn1cnc2c(oc3ccccc32)c1=O)NCc1cc(F)cc(F)c1. The number of fused-ring (bicyclic) bond motifs is 3. The molecule has 0 spiro atoms. The van der Waals surface area contributed by atoms with Crippen molar-refractivity contribution in [1.82, 2.24) is 14.9 Å². The Bertz CT molecular complexity index is 1210. The minimum Gasteiger partial charge on any atom is -0.448 e. The van der Waals surface area contributed by atoms with Gasteiger partial charge in [0.2, 0.25) is 11.5 Å². The Morgan fingerprint density at radius 1 is 1.15 bits per heavy atom. The zero-order valence-corrected chi connectivity index (χ0v) is 13.9. The number of para-hydroxylation sites is 1. The molecule has 0 aliphatic heterocycles.